The average Bonchev–Trinajstić information content (AvgIpc) is 2.71. The van der Waals surface area contributed by atoms with Crippen LogP contribution in [0.3, 0.4) is 0 Å². The molecule has 30 heavy (non-hydrogen) atoms. The summed E-state index contributed by atoms with van der Waals surface area (Å²) >= 11 is 0. The fraction of sp³-hybridized carbons (Fsp3) is 0.286. The number of aryl methyl sites for hydroxylation is 4. The van der Waals surface area contributed by atoms with E-state index in [9.17, 15) is 19.2 Å². The molecule has 0 saturated heterocycles. The van der Waals surface area contributed by atoms with E-state index in [1.165, 1.54) is 20.2 Å². The van der Waals surface area contributed by atoms with Crippen molar-refractivity contribution in [1.29, 1.82) is 0 Å². The van der Waals surface area contributed by atoms with Crippen LogP contribution in [-0.2, 0) is 23.1 Å². The van der Waals surface area contributed by atoms with Crippen LogP contribution in [0.25, 0.3) is 11.0 Å². The Morgan fingerprint density at radius 3 is 2.37 bits per heavy atom. The van der Waals surface area contributed by atoms with Gasteiger partial charge in [-0.15, -0.1) is 0 Å². The molecule has 9 nitrogen and oxygen atoms in total. The summed E-state index contributed by atoms with van der Waals surface area (Å²) in [5.41, 5.74) is 1.34. The maximum atomic E-state index is 13.1. The highest BCUT2D eigenvalue weighted by molar-refractivity contribution is 6.02. The minimum atomic E-state index is -0.780. The minimum Gasteiger partial charge on any atom is -0.465 e. The number of nitrogens with one attached hydrogen (secondary N) is 1. The molecule has 0 aliphatic rings. The number of aromatic nitrogens is 3. The second kappa shape index (κ2) is 7.94. The second-order valence-corrected chi connectivity index (χ2v) is 7.05. The molecule has 0 atom stereocenters. The molecule has 2 aromatic heterocycles. The number of esters is 1. The number of amides is 1. The van der Waals surface area contributed by atoms with Gasteiger partial charge < -0.3 is 10.1 Å². The maximum Gasteiger partial charge on any atom is 0.338 e. The van der Waals surface area contributed by atoms with Crippen LogP contribution in [-0.4, -0.2) is 33.1 Å². The zero-order valence-electron chi connectivity index (χ0n) is 17.4. The number of ether oxygens (including phenoxy) is 1. The molecule has 156 valence electrons. The van der Waals surface area contributed by atoms with Gasteiger partial charge in [0.05, 0.1) is 18.1 Å². The summed E-state index contributed by atoms with van der Waals surface area (Å²) < 4.78 is 6.70. The molecule has 0 radical (unpaired) electrons. The summed E-state index contributed by atoms with van der Waals surface area (Å²) in [5.74, 6) is -1.27. The lowest BCUT2D eigenvalue weighted by Gasteiger charge is -2.14. The van der Waals surface area contributed by atoms with Crippen molar-refractivity contribution in [2.75, 3.05) is 12.4 Å². The smallest absolute Gasteiger partial charge is 0.338 e. The molecular weight excluding hydrogens is 388 g/mol. The first-order valence-electron chi connectivity index (χ1n) is 9.21. The highest BCUT2D eigenvalue weighted by atomic mass is 16.5. The van der Waals surface area contributed by atoms with E-state index in [2.05, 4.69) is 10.3 Å². The first-order valence-corrected chi connectivity index (χ1v) is 9.21. The molecule has 1 amide bonds. The van der Waals surface area contributed by atoms with E-state index >= 15 is 0 Å². The molecule has 3 aromatic rings. The molecule has 1 aromatic carbocycles. The Morgan fingerprint density at radius 2 is 1.77 bits per heavy atom. The number of hydrogen-bond acceptors (Lipinski definition) is 6. The second-order valence-electron chi connectivity index (χ2n) is 7.05. The average molecular weight is 410 g/mol. The topological polar surface area (TPSA) is 112 Å². The molecule has 2 heterocycles. The molecule has 0 unspecified atom stereocenters. The van der Waals surface area contributed by atoms with Gasteiger partial charge in [-0.1, -0.05) is 18.2 Å². The van der Waals surface area contributed by atoms with E-state index in [0.29, 0.717) is 11.4 Å². The van der Waals surface area contributed by atoms with E-state index in [0.717, 1.165) is 20.3 Å². The molecule has 0 aliphatic carbocycles. The van der Waals surface area contributed by atoms with Gasteiger partial charge in [0.25, 0.3) is 5.56 Å². The van der Waals surface area contributed by atoms with E-state index < -0.39 is 29.7 Å². The molecule has 3 rings (SSSR count). The van der Waals surface area contributed by atoms with Gasteiger partial charge in [0, 0.05) is 18.4 Å². The Hall–Kier alpha value is -3.75. The van der Waals surface area contributed by atoms with Crippen LogP contribution >= 0.6 is 0 Å². The lowest BCUT2D eigenvalue weighted by atomic mass is 10.1. The van der Waals surface area contributed by atoms with Gasteiger partial charge in [-0.25, -0.2) is 14.6 Å². The standard InChI is InChI=1S/C21H22N4O5/c1-11-7-6-8-12(2)17(11)23-15(26)10-25-19(27)16-14(20(28)30-5)9-13(3)22-18(16)24(4)21(25)29/h6-9H,10H2,1-5H3,(H,23,26). The fourth-order valence-corrected chi connectivity index (χ4v) is 3.35. The zero-order chi connectivity index (χ0) is 22.2. The van der Waals surface area contributed by atoms with Crippen LogP contribution in [0.4, 0.5) is 5.69 Å². The van der Waals surface area contributed by atoms with Crippen molar-refractivity contribution < 1.29 is 14.3 Å². The van der Waals surface area contributed by atoms with Crippen molar-refractivity contribution >= 4 is 28.6 Å². The number of carbonyl (C=O) groups excluding carboxylic acids is 2. The van der Waals surface area contributed by atoms with Gasteiger partial charge in [0.1, 0.15) is 12.2 Å². The lowest BCUT2D eigenvalue weighted by Crippen LogP contribution is -2.42. The van der Waals surface area contributed by atoms with Crippen molar-refractivity contribution in [3.63, 3.8) is 0 Å². The Morgan fingerprint density at radius 1 is 1.13 bits per heavy atom. The third-order valence-corrected chi connectivity index (χ3v) is 4.88. The summed E-state index contributed by atoms with van der Waals surface area (Å²) in [7, 11) is 2.62. The van der Waals surface area contributed by atoms with Gasteiger partial charge in [-0.2, -0.15) is 0 Å². The monoisotopic (exact) mass is 410 g/mol. The summed E-state index contributed by atoms with van der Waals surface area (Å²) in [6.45, 7) is 4.82. The van der Waals surface area contributed by atoms with Crippen molar-refractivity contribution in [2.24, 2.45) is 7.05 Å². The van der Waals surface area contributed by atoms with Crippen LogP contribution in [0.1, 0.15) is 27.2 Å². The SMILES string of the molecule is COC(=O)c1cc(C)nc2c1c(=O)n(CC(=O)Nc1c(C)cccc1C)c(=O)n2C. The molecule has 9 heteroatoms. The predicted octanol–water partition coefficient (Wildman–Crippen LogP) is 1.45. The highest BCUT2D eigenvalue weighted by Crippen LogP contribution is 2.19. The Kier molecular flexibility index (Phi) is 5.55. The van der Waals surface area contributed by atoms with Crippen LogP contribution in [0.2, 0.25) is 0 Å². The van der Waals surface area contributed by atoms with E-state index in [4.69, 9.17) is 4.74 Å². The number of nitrogens with zero attached hydrogens (tertiary/aromatic N) is 3. The molecule has 0 bridgehead atoms. The number of para-hydroxylation sites is 1. The van der Waals surface area contributed by atoms with Gasteiger partial charge in [-0.05, 0) is 38.0 Å². The Bertz CT molecular complexity index is 1280. The summed E-state index contributed by atoms with van der Waals surface area (Å²) in [6, 6.07) is 6.98. The predicted molar refractivity (Wildman–Crippen MR) is 112 cm³/mol. The van der Waals surface area contributed by atoms with E-state index in [1.54, 1.807) is 6.92 Å². The number of fused-ring (bicyclic) bond motifs is 1. The van der Waals surface area contributed by atoms with Gasteiger partial charge in [0.2, 0.25) is 5.91 Å². The molecule has 1 N–H and O–H groups in total. The maximum absolute atomic E-state index is 13.1. The van der Waals surface area contributed by atoms with Crippen molar-refractivity contribution in [2.45, 2.75) is 27.3 Å². The number of hydrogen-bond donors (Lipinski definition) is 1. The molecule has 0 spiro atoms. The van der Waals surface area contributed by atoms with Crippen molar-refractivity contribution in [3.8, 4) is 0 Å². The summed E-state index contributed by atoms with van der Waals surface area (Å²) in [4.78, 5) is 55.0. The number of methoxy groups -OCH3 is 1. The van der Waals surface area contributed by atoms with E-state index in [1.807, 2.05) is 32.0 Å². The lowest BCUT2D eigenvalue weighted by molar-refractivity contribution is -0.116. The number of rotatable bonds is 4. The quantitative estimate of drug-likeness (QED) is 0.652. The first kappa shape index (κ1) is 21.0. The van der Waals surface area contributed by atoms with Gasteiger partial charge >= 0.3 is 11.7 Å². The largest absolute Gasteiger partial charge is 0.465 e. The first-order chi connectivity index (χ1) is 14.1. The molecule has 0 aliphatic heterocycles. The number of anilines is 1. The van der Waals surface area contributed by atoms with E-state index in [-0.39, 0.29) is 16.6 Å². The molecule has 0 fully saturated rings. The van der Waals surface area contributed by atoms with Gasteiger partial charge in [0.15, 0.2) is 0 Å². The fourth-order valence-electron chi connectivity index (χ4n) is 3.35. The van der Waals surface area contributed by atoms with Crippen LogP contribution in [0.5, 0.6) is 0 Å². The zero-order valence-corrected chi connectivity index (χ0v) is 17.4. The Labute approximate surface area is 171 Å². The summed E-state index contributed by atoms with van der Waals surface area (Å²) in [5, 5.41) is 2.68. The van der Waals surface area contributed by atoms with Crippen LogP contribution in [0, 0.1) is 20.8 Å². The Balaban J connectivity index is 2.14. The normalized spacial score (nSPS) is 10.8. The number of carbonyl (C=O) groups is 2. The van der Waals surface area contributed by atoms with Crippen molar-refractivity contribution in [3.05, 3.63) is 67.5 Å². The number of pyridine rings is 1. The third kappa shape index (κ3) is 3.61. The van der Waals surface area contributed by atoms with Crippen molar-refractivity contribution in [1.82, 2.24) is 14.1 Å². The highest BCUT2D eigenvalue weighted by Gasteiger charge is 2.22. The minimum absolute atomic E-state index is 0.00972. The van der Waals surface area contributed by atoms with Gasteiger partial charge in [-0.3, -0.25) is 18.7 Å². The van der Waals surface area contributed by atoms with Crippen LogP contribution < -0.4 is 16.6 Å². The third-order valence-electron chi connectivity index (χ3n) is 4.88. The molecular formula is C21H22N4O5. The summed E-state index contributed by atoms with van der Waals surface area (Å²) in [6.07, 6.45) is 0. The van der Waals surface area contributed by atoms with Crippen LogP contribution in [0.15, 0.2) is 33.9 Å². The number of benzene rings is 1. The molecule has 0 saturated carbocycles.